The summed E-state index contributed by atoms with van der Waals surface area (Å²) in [6.07, 6.45) is 4.81. The van der Waals surface area contributed by atoms with Crippen LogP contribution in [-0.4, -0.2) is 4.98 Å². The van der Waals surface area contributed by atoms with Gasteiger partial charge in [-0.3, -0.25) is 0 Å². The largest absolute Gasteiger partial charge is 0.351 e. The maximum absolute atomic E-state index is 9.49. The number of hydrogen-bond donors (Lipinski definition) is 1. The molecule has 1 unspecified atom stereocenters. The molecule has 1 aliphatic rings. The van der Waals surface area contributed by atoms with Gasteiger partial charge in [0.2, 0.25) is 0 Å². The number of anilines is 1. The SMILES string of the molecule is Cc1csc(C(C#N)=CNc2sc3c(c2C#N)CCC(C)C3)n1. The number of fused-ring (bicyclic) bond motifs is 1. The third-order valence-electron chi connectivity index (χ3n) is 3.94. The smallest absolute Gasteiger partial charge is 0.135 e. The van der Waals surface area contributed by atoms with Crippen LogP contribution in [-0.2, 0) is 12.8 Å². The van der Waals surface area contributed by atoms with Crippen molar-refractivity contribution in [1.29, 1.82) is 10.5 Å². The second kappa shape index (κ2) is 6.54. The van der Waals surface area contributed by atoms with Crippen LogP contribution in [0.1, 0.15) is 40.1 Å². The molecule has 0 bridgehead atoms. The number of hydrogen-bond acceptors (Lipinski definition) is 6. The van der Waals surface area contributed by atoms with E-state index in [9.17, 15) is 10.5 Å². The fourth-order valence-electron chi connectivity index (χ4n) is 2.73. The number of aryl methyl sites for hydroxylation is 1. The van der Waals surface area contributed by atoms with Gasteiger partial charge in [0, 0.05) is 22.2 Å². The number of nitrogens with zero attached hydrogens (tertiary/aromatic N) is 3. The summed E-state index contributed by atoms with van der Waals surface area (Å²) in [6, 6.07) is 4.50. The summed E-state index contributed by atoms with van der Waals surface area (Å²) in [5.74, 6) is 0.670. The van der Waals surface area contributed by atoms with E-state index in [2.05, 4.69) is 29.4 Å². The molecule has 0 aromatic carbocycles. The van der Waals surface area contributed by atoms with Crippen LogP contribution in [0.25, 0.3) is 5.57 Å². The molecule has 0 spiro atoms. The molecule has 1 atom stereocenters. The summed E-state index contributed by atoms with van der Waals surface area (Å²) in [5.41, 5.74) is 3.33. The highest BCUT2D eigenvalue weighted by Gasteiger charge is 2.23. The minimum Gasteiger partial charge on any atom is -0.351 e. The standard InChI is InChI=1S/C17H16N4S2/c1-10-3-4-13-14(7-19)17(23-15(13)5-10)20-8-12(6-18)16-21-11(2)9-22-16/h8-10,20H,3-5H2,1-2H3. The first-order valence-electron chi connectivity index (χ1n) is 7.46. The monoisotopic (exact) mass is 340 g/mol. The molecular formula is C17H16N4S2. The molecule has 0 amide bonds. The minimum absolute atomic E-state index is 0.492. The molecule has 0 saturated heterocycles. The number of thiazole rings is 1. The van der Waals surface area contributed by atoms with Crippen molar-refractivity contribution in [2.24, 2.45) is 5.92 Å². The van der Waals surface area contributed by atoms with Gasteiger partial charge in [0.25, 0.3) is 0 Å². The van der Waals surface area contributed by atoms with E-state index < -0.39 is 0 Å². The summed E-state index contributed by atoms with van der Waals surface area (Å²) in [7, 11) is 0. The zero-order valence-electron chi connectivity index (χ0n) is 13.0. The molecule has 2 aromatic heterocycles. The van der Waals surface area contributed by atoms with Crippen LogP contribution in [0.4, 0.5) is 5.00 Å². The van der Waals surface area contributed by atoms with Gasteiger partial charge in [-0.25, -0.2) is 4.98 Å². The molecule has 23 heavy (non-hydrogen) atoms. The first-order chi connectivity index (χ1) is 11.1. The summed E-state index contributed by atoms with van der Waals surface area (Å²) < 4.78 is 0. The Labute approximate surface area is 143 Å². The highest BCUT2D eigenvalue weighted by Crippen LogP contribution is 2.39. The van der Waals surface area contributed by atoms with Gasteiger partial charge in [-0.1, -0.05) is 6.92 Å². The molecule has 2 aromatic rings. The van der Waals surface area contributed by atoms with E-state index >= 15 is 0 Å². The van der Waals surface area contributed by atoms with Crippen molar-refractivity contribution in [3.8, 4) is 12.1 Å². The third-order valence-corrected chi connectivity index (χ3v) is 6.12. The molecule has 0 saturated carbocycles. The molecule has 4 nitrogen and oxygen atoms in total. The van der Waals surface area contributed by atoms with Crippen molar-refractivity contribution in [2.45, 2.75) is 33.1 Å². The highest BCUT2D eigenvalue weighted by atomic mass is 32.1. The van der Waals surface area contributed by atoms with Crippen LogP contribution in [0.5, 0.6) is 0 Å². The van der Waals surface area contributed by atoms with Crippen LogP contribution in [0.15, 0.2) is 11.6 Å². The van der Waals surface area contributed by atoms with E-state index in [0.29, 0.717) is 16.5 Å². The lowest BCUT2D eigenvalue weighted by Crippen LogP contribution is -2.09. The number of thiophene rings is 1. The number of nitrogens with one attached hydrogen (secondary N) is 1. The predicted octanol–water partition coefficient (Wildman–Crippen LogP) is 4.49. The number of rotatable bonds is 3. The summed E-state index contributed by atoms with van der Waals surface area (Å²) in [6.45, 7) is 4.16. The molecule has 116 valence electrons. The van der Waals surface area contributed by atoms with E-state index in [1.54, 1.807) is 17.5 Å². The Hall–Kier alpha value is -2.15. The molecule has 2 heterocycles. The number of allylic oxidation sites excluding steroid dienone is 1. The van der Waals surface area contributed by atoms with Crippen molar-refractivity contribution in [3.05, 3.63) is 38.3 Å². The maximum Gasteiger partial charge on any atom is 0.135 e. The Morgan fingerprint density at radius 2 is 2.30 bits per heavy atom. The van der Waals surface area contributed by atoms with Crippen molar-refractivity contribution < 1.29 is 0 Å². The average Bonchev–Trinajstić information content (AvgIpc) is 3.10. The van der Waals surface area contributed by atoms with Gasteiger partial charge in [0.1, 0.15) is 27.7 Å². The van der Waals surface area contributed by atoms with E-state index in [1.807, 2.05) is 12.3 Å². The second-order valence-electron chi connectivity index (χ2n) is 5.78. The molecule has 3 rings (SSSR count). The fraction of sp³-hybridized carbons (Fsp3) is 0.353. The van der Waals surface area contributed by atoms with Crippen LogP contribution in [0, 0.1) is 35.5 Å². The van der Waals surface area contributed by atoms with Crippen LogP contribution < -0.4 is 5.32 Å². The Kier molecular flexibility index (Phi) is 4.47. The fourth-order valence-corrected chi connectivity index (χ4v) is 4.82. The van der Waals surface area contributed by atoms with Crippen LogP contribution in [0.2, 0.25) is 0 Å². The predicted molar refractivity (Wildman–Crippen MR) is 94.3 cm³/mol. The van der Waals surface area contributed by atoms with Crippen molar-refractivity contribution in [3.63, 3.8) is 0 Å². The summed E-state index contributed by atoms with van der Waals surface area (Å²) >= 11 is 3.09. The zero-order valence-corrected chi connectivity index (χ0v) is 14.6. The van der Waals surface area contributed by atoms with Gasteiger partial charge in [0.05, 0.1) is 5.56 Å². The Bertz CT molecular complexity index is 845. The van der Waals surface area contributed by atoms with E-state index in [4.69, 9.17) is 0 Å². The van der Waals surface area contributed by atoms with Gasteiger partial charge in [-0.05, 0) is 37.7 Å². The van der Waals surface area contributed by atoms with Gasteiger partial charge in [0.15, 0.2) is 0 Å². The number of nitriles is 2. The Morgan fingerprint density at radius 3 is 2.96 bits per heavy atom. The van der Waals surface area contributed by atoms with E-state index in [1.165, 1.54) is 21.8 Å². The van der Waals surface area contributed by atoms with Gasteiger partial charge in [-0.2, -0.15) is 10.5 Å². The minimum atomic E-state index is 0.492. The lowest BCUT2D eigenvalue weighted by Gasteiger charge is -2.17. The lowest BCUT2D eigenvalue weighted by molar-refractivity contribution is 0.507. The van der Waals surface area contributed by atoms with Crippen molar-refractivity contribution in [2.75, 3.05) is 5.32 Å². The molecule has 6 heteroatoms. The van der Waals surface area contributed by atoms with E-state index in [0.717, 1.165) is 35.5 Å². The van der Waals surface area contributed by atoms with Gasteiger partial charge >= 0.3 is 0 Å². The molecular weight excluding hydrogens is 324 g/mol. The normalized spacial score (nSPS) is 17.2. The average molecular weight is 340 g/mol. The Balaban J connectivity index is 1.90. The molecule has 0 fully saturated rings. The molecule has 1 aliphatic carbocycles. The van der Waals surface area contributed by atoms with Crippen LogP contribution in [0.3, 0.4) is 0 Å². The first-order valence-corrected chi connectivity index (χ1v) is 9.16. The third kappa shape index (κ3) is 3.14. The maximum atomic E-state index is 9.49. The summed E-state index contributed by atoms with van der Waals surface area (Å²) in [4.78, 5) is 5.64. The topological polar surface area (TPSA) is 72.5 Å². The molecule has 0 aliphatic heterocycles. The Morgan fingerprint density at radius 1 is 1.48 bits per heavy atom. The quantitative estimate of drug-likeness (QED) is 0.836. The van der Waals surface area contributed by atoms with Crippen molar-refractivity contribution in [1.82, 2.24) is 4.98 Å². The summed E-state index contributed by atoms with van der Waals surface area (Å²) in [5, 5.41) is 25.5. The number of aromatic nitrogens is 1. The van der Waals surface area contributed by atoms with Gasteiger partial charge in [-0.15, -0.1) is 22.7 Å². The lowest BCUT2D eigenvalue weighted by atomic mass is 9.89. The second-order valence-corrected chi connectivity index (χ2v) is 7.74. The van der Waals surface area contributed by atoms with E-state index in [-0.39, 0.29) is 0 Å². The zero-order chi connectivity index (χ0) is 16.4. The van der Waals surface area contributed by atoms with Crippen molar-refractivity contribution >= 4 is 33.2 Å². The molecule has 1 N–H and O–H groups in total. The first kappa shape index (κ1) is 15.7. The van der Waals surface area contributed by atoms with Gasteiger partial charge < -0.3 is 5.32 Å². The highest BCUT2D eigenvalue weighted by molar-refractivity contribution is 7.16. The molecule has 0 radical (unpaired) electrons. The van der Waals surface area contributed by atoms with Crippen LogP contribution >= 0.6 is 22.7 Å².